The molecule has 1 N–H and O–H groups in total. The molecule has 0 fully saturated rings. The van der Waals surface area contributed by atoms with E-state index in [-0.39, 0.29) is 17.7 Å². The van der Waals surface area contributed by atoms with Gasteiger partial charge in [-0.25, -0.2) is 0 Å². The van der Waals surface area contributed by atoms with Gasteiger partial charge in [-0.05, 0) is 20.9 Å². The van der Waals surface area contributed by atoms with Crippen LogP contribution in [0.25, 0.3) is 0 Å². The molecule has 4 heteroatoms. The van der Waals surface area contributed by atoms with Crippen LogP contribution in [0.1, 0.15) is 26.7 Å². The summed E-state index contributed by atoms with van der Waals surface area (Å²) in [4.78, 5) is 23.9. The minimum Gasteiger partial charge on any atom is -0.342 e. The number of hydrogen-bond donors (Lipinski definition) is 1. The van der Waals surface area contributed by atoms with Gasteiger partial charge in [0.05, 0.1) is 0 Å². The minimum absolute atomic E-state index is 0.0305. The molecule has 0 unspecified atom stereocenters. The van der Waals surface area contributed by atoms with Crippen LogP contribution in [-0.4, -0.2) is 43.3 Å². The lowest BCUT2D eigenvalue weighted by Gasteiger charge is -2.24. The Kier molecular flexibility index (Phi) is 6.12. The molecule has 0 aromatic carbocycles. The fourth-order valence-electron chi connectivity index (χ4n) is 1.14. The summed E-state index contributed by atoms with van der Waals surface area (Å²) >= 11 is 0. The van der Waals surface area contributed by atoms with Crippen molar-refractivity contribution in [3.05, 3.63) is 0 Å². The topological polar surface area (TPSA) is 49.4 Å². The summed E-state index contributed by atoms with van der Waals surface area (Å²) in [7, 11) is 3.62. The van der Waals surface area contributed by atoms with Gasteiger partial charge in [0, 0.05) is 32.5 Å². The summed E-state index contributed by atoms with van der Waals surface area (Å²) in [6.45, 7) is 4.24. The third-order valence-corrected chi connectivity index (χ3v) is 2.25. The molecule has 0 bridgehead atoms. The number of ketones is 1. The van der Waals surface area contributed by atoms with Crippen LogP contribution in [0.2, 0.25) is 0 Å². The first-order chi connectivity index (χ1) is 6.49. The average Bonchev–Trinajstić information content (AvgIpc) is 2.13. The van der Waals surface area contributed by atoms with Gasteiger partial charge in [-0.15, -0.1) is 0 Å². The Labute approximate surface area is 85.7 Å². The molecule has 14 heavy (non-hydrogen) atoms. The van der Waals surface area contributed by atoms with Gasteiger partial charge in [0.1, 0.15) is 5.78 Å². The summed E-state index contributed by atoms with van der Waals surface area (Å²) in [5.41, 5.74) is 0. The van der Waals surface area contributed by atoms with Crippen molar-refractivity contribution < 1.29 is 9.59 Å². The van der Waals surface area contributed by atoms with Gasteiger partial charge in [-0.1, -0.05) is 0 Å². The molecule has 0 aromatic rings. The third kappa shape index (κ3) is 4.97. The number of carbonyl (C=O) groups is 2. The Morgan fingerprint density at radius 3 is 2.36 bits per heavy atom. The summed E-state index contributed by atoms with van der Waals surface area (Å²) in [6, 6.07) is 0.166. The van der Waals surface area contributed by atoms with Gasteiger partial charge in [-0.3, -0.25) is 4.79 Å². The van der Waals surface area contributed by atoms with E-state index in [0.29, 0.717) is 12.8 Å². The fourth-order valence-corrected chi connectivity index (χ4v) is 1.14. The van der Waals surface area contributed by atoms with Crippen molar-refractivity contribution in [3.63, 3.8) is 0 Å². The highest BCUT2D eigenvalue weighted by Crippen LogP contribution is 2.01. The van der Waals surface area contributed by atoms with Crippen LogP contribution in [0.5, 0.6) is 0 Å². The van der Waals surface area contributed by atoms with E-state index in [1.54, 1.807) is 11.9 Å². The summed E-state index contributed by atoms with van der Waals surface area (Å²) in [5.74, 6) is 0.0935. The van der Waals surface area contributed by atoms with Gasteiger partial charge in [-0.2, -0.15) is 0 Å². The van der Waals surface area contributed by atoms with E-state index in [1.165, 1.54) is 6.92 Å². The lowest BCUT2D eigenvalue weighted by molar-refractivity contribution is -0.133. The SMILES string of the molecule is CNC[C@@H](C)N(C)C(=O)CCC(C)=O. The van der Waals surface area contributed by atoms with Gasteiger partial charge in [0.2, 0.25) is 5.91 Å². The Morgan fingerprint density at radius 2 is 1.93 bits per heavy atom. The quantitative estimate of drug-likeness (QED) is 0.676. The number of nitrogens with zero attached hydrogens (tertiary/aromatic N) is 1. The van der Waals surface area contributed by atoms with Crippen molar-refractivity contribution >= 4 is 11.7 Å². The van der Waals surface area contributed by atoms with Crippen LogP contribution in [0.15, 0.2) is 0 Å². The number of nitrogens with one attached hydrogen (secondary N) is 1. The second kappa shape index (κ2) is 6.54. The molecule has 0 aliphatic rings. The maximum atomic E-state index is 11.5. The molecule has 0 heterocycles. The Morgan fingerprint density at radius 1 is 1.36 bits per heavy atom. The molecule has 0 aliphatic carbocycles. The number of carbonyl (C=O) groups excluding carboxylic acids is 2. The van der Waals surface area contributed by atoms with Crippen molar-refractivity contribution in [2.24, 2.45) is 0 Å². The number of likely N-dealkylation sites (N-methyl/N-ethyl adjacent to an activating group) is 2. The minimum atomic E-state index is 0.0305. The van der Waals surface area contributed by atoms with E-state index in [4.69, 9.17) is 0 Å². The number of rotatable bonds is 6. The largest absolute Gasteiger partial charge is 0.342 e. The molecule has 0 aromatic heterocycles. The van der Waals surface area contributed by atoms with Crippen molar-refractivity contribution in [1.29, 1.82) is 0 Å². The van der Waals surface area contributed by atoms with E-state index in [9.17, 15) is 9.59 Å². The summed E-state index contributed by atoms with van der Waals surface area (Å²) < 4.78 is 0. The number of amides is 1. The zero-order valence-electron chi connectivity index (χ0n) is 9.46. The smallest absolute Gasteiger partial charge is 0.223 e. The van der Waals surface area contributed by atoms with E-state index >= 15 is 0 Å². The lowest BCUT2D eigenvalue weighted by atomic mass is 10.2. The first-order valence-corrected chi connectivity index (χ1v) is 4.88. The van der Waals surface area contributed by atoms with Gasteiger partial charge >= 0.3 is 0 Å². The highest BCUT2D eigenvalue weighted by atomic mass is 16.2. The predicted molar refractivity (Wildman–Crippen MR) is 56.1 cm³/mol. The van der Waals surface area contributed by atoms with E-state index in [1.807, 2.05) is 14.0 Å². The number of Topliss-reactive ketones (excluding diaryl/α,β-unsaturated/α-hetero) is 1. The van der Waals surface area contributed by atoms with Gasteiger partial charge in [0.25, 0.3) is 0 Å². The van der Waals surface area contributed by atoms with Crippen LogP contribution < -0.4 is 5.32 Å². The molecule has 1 atom stereocenters. The summed E-state index contributed by atoms with van der Waals surface area (Å²) in [6.07, 6.45) is 0.662. The molecule has 0 rings (SSSR count). The maximum Gasteiger partial charge on any atom is 0.223 e. The van der Waals surface area contributed by atoms with Gasteiger partial charge < -0.3 is 15.0 Å². The van der Waals surface area contributed by atoms with Crippen LogP contribution >= 0.6 is 0 Å². The highest BCUT2D eigenvalue weighted by molar-refractivity contribution is 5.83. The first kappa shape index (κ1) is 13.1. The average molecular weight is 200 g/mol. The van der Waals surface area contributed by atoms with E-state index in [0.717, 1.165) is 6.54 Å². The Bertz CT molecular complexity index is 204. The van der Waals surface area contributed by atoms with Gasteiger partial charge in [0.15, 0.2) is 0 Å². The van der Waals surface area contributed by atoms with Crippen LogP contribution in [-0.2, 0) is 9.59 Å². The van der Waals surface area contributed by atoms with Crippen LogP contribution in [0, 0.1) is 0 Å². The molecule has 4 nitrogen and oxygen atoms in total. The zero-order valence-corrected chi connectivity index (χ0v) is 9.46. The Balaban J connectivity index is 3.91. The second-order valence-corrected chi connectivity index (χ2v) is 3.61. The van der Waals surface area contributed by atoms with Crippen molar-refractivity contribution in [2.75, 3.05) is 20.6 Å². The monoisotopic (exact) mass is 200 g/mol. The van der Waals surface area contributed by atoms with Crippen molar-refractivity contribution in [3.8, 4) is 0 Å². The normalized spacial score (nSPS) is 12.3. The molecule has 0 saturated heterocycles. The molecular weight excluding hydrogens is 180 g/mol. The summed E-state index contributed by atoms with van der Waals surface area (Å²) in [5, 5.41) is 3.01. The van der Waals surface area contributed by atoms with Crippen molar-refractivity contribution in [2.45, 2.75) is 32.7 Å². The third-order valence-electron chi connectivity index (χ3n) is 2.25. The number of hydrogen-bond acceptors (Lipinski definition) is 3. The first-order valence-electron chi connectivity index (χ1n) is 4.88. The molecule has 0 aliphatic heterocycles. The van der Waals surface area contributed by atoms with E-state index in [2.05, 4.69) is 5.32 Å². The Hall–Kier alpha value is -0.900. The fraction of sp³-hybridized carbons (Fsp3) is 0.800. The molecule has 0 radical (unpaired) electrons. The molecule has 1 amide bonds. The zero-order chi connectivity index (χ0) is 11.1. The van der Waals surface area contributed by atoms with Crippen LogP contribution in [0.3, 0.4) is 0 Å². The molecule has 0 spiro atoms. The maximum absolute atomic E-state index is 11.5. The molecular formula is C10H20N2O2. The highest BCUT2D eigenvalue weighted by Gasteiger charge is 2.14. The van der Waals surface area contributed by atoms with Crippen LogP contribution in [0.4, 0.5) is 0 Å². The second-order valence-electron chi connectivity index (χ2n) is 3.61. The van der Waals surface area contributed by atoms with Crippen molar-refractivity contribution in [1.82, 2.24) is 10.2 Å². The molecule has 0 saturated carbocycles. The van der Waals surface area contributed by atoms with E-state index < -0.39 is 0 Å². The molecule has 82 valence electrons. The lowest BCUT2D eigenvalue weighted by Crippen LogP contribution is -2.40. The standard InChI is InChI=1S/C10H20N2O2/c1-8(7-11-3)12(4)10(14)6-5-9(2)13/h8,11H,5-7H2,1-4H3/t8-/m1/s1. The predicted octanol–water partition coefficient (Wildman–Crippen LogP) is 0.422.